The van der Waals surface area contributed by atoms with Gasteiger partial charge >= 0.3 is 0 Å². The molecular weight excluding hydrogens is 1430 g/mol. The van der Waals surface area contributed by atoms with Crippen molar-refractivity contribution < 1.29 is 63.9 Å². The third-order valence-electron chi connectivity index (χ3n) is 20.7. The van der Waals surface area contributed by atoms with E-state index in [9.17, 15) is 35.5 Å². The van der Waals surface area contributed by atoms with Gasteiger partial charge in [-0.2, -0.15) is 15.3 Å². The Balaban J connectivity index is 0.000000140. The SMILES string of the molecule is C.C.C.Cn1cc(-c2cn(S(=O)(=O)c3ccccc3)c3ncc(C4(O)CCC5(CC4)OCCO5)cc23)cn1.Cn1cc(-c2cn(S(=O)(=O)c3ccccc3)c3ncc(C4=CCC5(CC4)OCCO5)cc23)cn1.Cn1cc(-c2cn(S(=O)(=O)c3ccccc3)c3ncc(C4CCC5(CC4O)OCCO5)cc23)cn1. The number of aliphatic hydroxyl groups excluding tert-OH is 1. The van der Waals surface area contributed by atoms with Crippen molar-refractivity contribution in [1.82, 2.24) is 56.2 Å². The minimum Gasteiger partial charge on any atom is -0.392 e. The van der Waals surface area contributed by atoms with Gasteiger partial charge in [-0.3, -0.25) is 14.0 Å². The first kappa shape index (κ1) is 75.8. The molecule has 12 aromatic rings. The molecule has 562 valence electrons. The predicted octanol–water partition coefficient (Wildman–Crippen LogP) is 12.1. The molecule has 0 radical (unpaired) electrons. The van der Waals surface area contributed by atoms with Crippen LogP contribution < -0.4 is 0 Å². The minimum absolute atomic E-state index is 0. The van der Waals surface area contributed by atoms with Crippen molar-refractivity contribution in [2.75, 3.05) is 39.6 Å². The molecule has 2 unspecified atom stereocenters. The highest BCUT2D eigenvalue weighted by atomic mass is 32.2. The summed E-state index contributed by atoms with van der Waals surface area (Å²) in [4.78, 5) is 14.4. The van der Waals surface area contributed by atoms with Crippen LogP contribution >= 0.6 is 0 Å². The van der Waals surface area contributed by atoms with Crippen molar-refractivity contribution in [3.63, 3.8) is 0 Å². The van der Waals surface area contributed by atoms with Crippen LogP contribution in [0.1, 0.15) is 109 Å². The van der Waals surface area contributed by atoms with Crippen molar-refractivity contribution >= 4 is 68.7 Å². The smallest absolute Gasteiger partial charge is 0.269 e. The monoisotopic (exact) mass is 1510 g/mol. The zero-order valence-corrected chi connectivity index (χ0v) is 59.7. The van der Waals surface area contributed by atoms with Crippen LogP contribution in [0.2, 0.25) is 0 Å². The fourth-order valence-corrected chi connectivity index (χ4v) is 19.2. The van der Waals surface area contributed by atoms with Crippen LogP contribution in [0.25, 0.3) is 72.1 Å². The number of benzene rings is 3. The molecule has 2 saturated carbocycles. The normalized spacial score (nSPS) is 19.4. The van der Waals surface area contributed by atoms with E-state index in [1.54, 1.807) is 168 Å². The average Bonchev–Trinajstić information content (AvgIpc) is 1.61. The highest BCUT2D eigenvalue weighted by molar-refractivity contribution is 7.90. The van der Waals surface area contributed by atoms with Crippen molar-refractivity contribution in [3.8, 4) is 33.4 Å². The number of allylic oxidation sites excluding steroid dienone is 1. The number of hydrogen-bond donors (Lipinski definition) is 2. The summed E-state index contributed by atoms with van der Waals surface area (Å²) in [6.07, 6.45) is 28.2. The van der Waals surface area contributed by atoms with E-state index in [0.717, 1.165) is 57.2 Å². The molecular formula is C78H88N12O14S3. The number of ether oxygens (including phenoxy) is 6. The van der Waals surface area contributed by atoms with Gasteiger partial charge in [0.15, 0.2) is 34.3 Å². The third-order valence-corrected chi connectivity index (χ3v) is 25.7. The van der Waals surface area contributed by atoms with Crippen molar-refractivity contribution in [1.29, 1.82) is 0 Å². The second kappa shape index (κ2) is 29.7. The summed E-state index contributed by atoms with van der Waals surface area (Å²) in [7, 11) is -6.11. The lowest BCUT2D eigenvalue weighted by atomic mass is 9.77. The predicted molar refractivity (Wildman–Crippen MR) is 404 cm³/mol. The number of aromatic nitrogens is 12. The molecule has 107 heavy (non-hydrogen) atoms. The van der Waals surface area contributed by atoms with Gasteiger partial charge in [0, 0.05) is 176 Å². The number of pyridine rings is 3. The maximum absolute atomic E-state index is 13.5. The summed E-state index contributed by atoms with van der Waals surface area (Å²) in [6, 6.07) is 30.8. The van der Waals surface area contributed by atoms with Crippen LogP contribution in [-0.4, -0.2) is 155 Å². The third kappa shape index (κ3) is 14.2. The van der Waals surface area contributed by atoms with Crippen molar-refractivity contribution in [2.45, 2.75) is 136 Å². The molecule has 3 aliphatic heterocycles. The summed E-state index contributed by atoms with van der Waals surface area (Å²) < 4.78 is 125. The van der Waals surface area contributed by atoms with Crippen LogP contribution in [0.15, 0.2) is 204 Å². The standard InChI is InChI=1S/2C25H26N4O5S.C25H24N4O4S.3CH4/c1-28-16-18(14-27-28)22-17-29(35(31,32)20-5-3-2-4-6-20)23-21(22)13-19(15-26-23)24(30)7-9-25(10-8-24)33-11-12-34-25;1-28-15-18(14-27-28)22-16-29(35(31,32)19-5-3-2-4-6-19)24-21(22)11-17(13-26-24)20-7-8-25(12-23(20)30)33-9-10-34-25;1-28-16-20(15-27-28)23-17-29(34(30,31)21-5-3-2-4-6-21)24-22(23)13-19(14-26-24)18-7-9-25(10-8-18)32-11-12-33-25;;;/h2-6,13-17,30H,7-12H2,1H3;2-6,11,13-16,20,23,30H,7-10,12H2,1H3;2-7,13-17H,8-12H2,1H3;3*1H4. The van der Waals surface area contributed by atoms with Gasteiger partial charge in [0.1, 0.15) is 0 Å². The molecule has 3 spiro atoms. The molecule has 3 aliphatic carbocycles. The molecule has 0 bridgehead atoms. The maximum Gasteiger partial charge on any atom is 0.269 e. The quantitative estimate of drug-likeness (QED) is 0.115. The van der Waals surface area contributed by atoms with E-state index in [4.69, 9.17) is 28.4 Å². The molecule has 2 N–H and O–H groups in total. The Morgan fingerprint density at radius 1 is 0.439 bits per heavy atom. The highest BCUT2D eigenvalue weighted by Gasteiger charge is 2.48. The van der Waals surface area contributed by atoms with Gasteiger partial charge in [-0.1, -0.05) is 83.0 Å². The zero-order chi connectivity index (χ0) is 71.8. The largest absolute Gasteiger partial charge is 0.392 e. The van der Waals surface area contributed by atoms with Crippen molar-refractivity contribution in [3.05, 3.63) is 206 Å². The Morgan fingerprint density at radius 2 is 0.841 bits per heavy atom. The first-order valence-corrected chi connectivity index (χ1v) is 38.8. The lowest BCUT2D eigenvalue weighted by Crippen LogP contribution is -2.42. The van der Waals surface area contributed by atoms with Crippen molar-refractivity contribution in [2.24, 2.45) is 21.1 Å². The fraction of sp³-hybridized carbons (Fsp3) is 0.359. The molecule has 3 saturated heterocycles. The van der Waals surface area contributed by atoms with Gasteiger partial charge < -0.3 is 38.6 Å². The lowest BCUT2D eigenvalue weighted by molar-refractivity contribution is -0.204. The van der Waals surface area contributed by atoms with Crippen LogP contribution in [0.4, 0.5) is 0 Å². The molecule has 5 fully saturated rings. The van der Waals surface area contributed by atoms with E-state index in [0.29, 0.717) is 135 Å². The summed E-state index contributed by atoms with van der Waals surface area (Å²) in [5.74, 6) is -1.94. The summed E-state index contributed by atoms with van der Waals surface area (Å²) in [5.41, 5.74) is 8.11. The first-order chi connectivity index (χ1) is 50.1. The molecule has 29 heteroatoms. The van der Waals surface area contributed by atoms with Gasteiger partial charge in [-0.25, -0.2) is 52.1 Å². The van der Waals surface area contributed by atoms with E-state index < -0.39 is 59.1 Å². The summed E-state index contributed by atoms with van der Waals surface area (Å²) >= 11 is 0. The van der Waals surface area contributed by atoms with Crippen LogP contribution in [0.5, 0.6) is 0 Å². The Kier molecular flexibility index (Phi) is 21.0. The van der Waals surface area contributed by atoms with Gasteiger partial charge in [0.25, 0.3) is 30.1 Å². The number of hydrogen-bond acceptors (Lipinski definition) is 20. The molecule has 18 rings (SSSR count). The Labute approximate surface area is 621 Å². The number of aliphatic hydroxyl groups is 2. The Hall–Kier alpha value is -9.37. The molecule has 0 amide bonds. The number of fused-ring (bicyclic) bond motifs is 3. The number of nitrogens with zero attached hydrogens (tertiary/aromatic N) is 12. The fourth-order valence-electron chi connectivity index (χ4n) is 15.2. The van der Waals surface area contributed by atoms with E-state index in [1.807, 2.05) is 50.9 Å². The molecule has 9 aromatic heterocycles. The molecule has 3 aromatic carbocycles. The number of aryl methyl sites for hydroxylation is 3. The Morgan fingerprint density at radius 3 is 1.25 bits per heavy atom. The summed E-state index contributed by atoms with van der Waals surface area (Å²) in [6.45, 7) is 3.50. The topological polar surface area (TPSA) is 305 Å². The number of rotatable bonds is 12. The van der Waals surface area contributed by atoms with E-state index in [2.05, 4.69) is 36.3 Å². The molecule has 2 atom stereocenters. The van der Waals surface area contributed by atoms with Gasteiger partial charge in [-0.05, 0) is 97.0 Å². The maximum atomic E-state index is 13.5. The average molecular weight is 1510 g/mol. The summed E-state index contributed by atoms with van der Waals surface area (Å²) in [5, 5.41) is 37.4. The molecule has 26 nitrogen and oxygen atoms in total. The second-order valence-corrected chi connectivity index (χ2v) is 32.7. The van der Waals surface area contributed by atoms with Crippen LogP contribution in [0.3, 0.4) is 0 Å². The Bertz CT molecular complexity index is 5590. The lowest BCUT2D eigenvalue weighted by Gasteiger charge is -2.40. The zero-order valence-electron chi connectivity index (χ0n) is 57.3. The van der Waals surface area contributed by atoms with Gasteiger partial charge in [0.2, 0.25) is 0 Å². The van der Waals surface area contributed by atoms with Gasteiger partial charge in [-0.15, -0.1) is 0 Å². The second-order valence-electron chi connectivity index (χ2n) is 27.2. The van der Waals surface area contributed by atoms with E-state index in [1.165, 1.54) is 11.9 Å². The minimum atomic E-state index is -3.88. The molecule has 6 aliphatic rings. The van der Waals surface area contributed by atoms with Crippen LogP contribution in [0, 0.1) is 0 Å². The van der Waals surface area contributed by atoms with Crippen LogP contribution in [-0.2, 0) is 85.2 Å². The van der Waals surface area contributed by atoms with E-state index in [-0.39, 0.29) is 42.9 Å². The highest BCUT2D eigenvalue weighted by Crippen LogP contribution is 2.48. The molecule has 12 heterocycles. The van der Waals surface area contributed by atoms with Gasteiger partial charge in [0.05, 0.1) is 84.6 Å². The van der Waals surface area contributed by atoms with E-state index >= 15 is 0 Å². The first-order valence-electron chi connectivity index (χ1n) is 34.5.